The van der Waals surface area contributed by atoms with E-state index in [1.807, 2.05) is 111 Å². The van der Waals surface area contributed by atoms with E-state index in [1.165, 1.54) is 17.2 Å². The number of anilines is 1. The maximum atomic E-state index is 17.3. The predicted molar refractivity (Wildman–Crippen MR) is 207 cm³/mol. The number of benzene rings is 3. The number of nitrogens with zero attached hydrogens (tertiary/aromatic N) is 6. The average Bonchev–Trinajstić information content (AvgIpc) is 3.76. The topological polar surface area (TPSA) is 152 Å². The Balaban J connectivity index is 1.46. The highest BCUT2D eigenvalue weighted by molar-refractivity contribution is 7.44. The van der Waals surface area contributed by atoms with E-state index >= 15 is 4.39 Å². The van der Waals surface area contributed by atoms with Gasteiger partial charge in [-0.05, 0) is 68.7 Å². The fourth-order valence-electron chi connectivity index (χ4n) is 6.91. The zero-order valence-corrected chi connectivity index (χ0v) is 32.7. The first-order chi connectivity index (χ1) is 26.6. The van der Waals surface area contributed by atoms with Crippen molar-refractivity contribution in [3.05, 3.63) is 108 Å². The van der Waals surface area contributed by atoms with Gasteiger partial charge in [0.2, 0.25) is 0 Å². The lowest BCUT2D eigenvalue weighted by Crippen LogP contribution is -2.41. The van der Waals surface area contributed by atoms with Gasteiger partial charge >= 0.3 is 0 Å². The van der Waals surface area contributed by atoms with Gasteiger partial charge in [0.1, 0.15) is 41.2 Å². The summed E-state index contributed by atoms with van der Waals surface area (Å²) in [6.07, 6.45) is -2.22. The number of hydrogen-bond acceptors (Lipinski definition) is 12. The van der Waals surface area contributed by atoms with Crippen molar-refractivity contribution in [2.45, 2.75) is 76.4 Å². The normalized spacial score (nSPS) is 19.3. The van der Waals surface area contributed by atoms with E-state index in [-0.39, 0.29) is 37.5 Å². The van der Waals surface area contributed by atoms with Crippen molar-refractivity contribution in [1.82, 2.24) is 24.2 Å². The van der Waals surface area contributed by atoms with Crippen molar-refractivity contribution >= 4 is 25.5 Å². The molecule has 0 radical (unpaired) electrons. The molecule has 5 unspecified atom stereocenters. The average molecular weight is 772 g/mol. The maximum Gasteiger partial charge on any atom is 0.259 e. The summed E-state index contributed by atoms with van der Waals surface area (Å²) in [7, 11) is 1.36. The van der Waals surface area contributed by atoms with Crippen LogP contribution in [-0.2, 0) is 24.1 Å². The monoisotopic (exact) mass is 771 g/mol. The van der Waals surface area contributed by atoms with Crippen molar-refractivity contribution in [3.63, 3.8) is 0 Å². The number of alkyl halides is 1. The van der Waals surface area contributed by atoms with Crippen LogP contribution in [0.4, 0.5) is 10.2 Å². The summed E-state index contributed by atoms with van der Waals surface area (Å²) in [5, 5.41) is 9.32. The Kier molecular flexibility index (Phi) is 12.9. The third kappa shape index (κ3) is 8.28. The SMILES string of the molecule is COc1ccc(C(OCC2OC(n3cnc4c(N)ncnc43)C(F)C2OP(OCCC#N)N(C(C)C)C(C)C)(c2ccccc2)c2ccc(OC)cc2)cc1. The number of imidazole rings is 1. The standard InChI is InChI=1S/C40H47FN7O6P/c1-26(2)48(27(3)4)55(52-22-10-21-42)54-36-33(53-39(34(36)41)47-25-46-35-37(43)44-24-45-38(35)47)23-51-40(28-11-8-7-9-12-28,29-13-17-31(49-5)18-14-29)30-15-19-32(50-6)20-16-30/h7-9,11-20,24-27,33-34,36,39H,10,22-23H2,1-6H3,(H2,43,44,45). The Hall–Kier alpha value is -4.74. The zero-order chi connectivity index (χ0) is 39.1. The number of methoxy groups -OCH3 is 2. The summed E-state index contributed by atoms with van der Waals surface area (Å²) in [4.78, 5) is 12.8. The Labute approximate surface area is 322 Å². The molecule has 2 aromatic heterocycles. The van der Waals surface area contributed by atoms with Crippen LogP contribution in [0.3, 0.4) is 0 Å². The molecule has 1 saturated heterocycles. The molecule has 290 valence electrons. The number of aromatic nitrogens is 4. The van der Waals surface area contributed by atoms with E-state index in [0.717, 1.165) is 16.7 Å². The minimum absolute atomic E-state index is 0.0211. The Morgan fingerprint density at radius 2 is 1.51 bits per heavy atom. The van der Waals surface area contributed by atoms with Gasteiger partial charge in [0, 0.05) is 12.1 Å². The van der Waals surface area contributed by atoms with E-state index in [9.17, 15) is 5.26 Å². The molecule has 0 amide bonds. The summed E-state index contributed by atoms with van der Waals surface area (Å²) in [6, 6.07) is 27.2. The van der Waals surface area contributed by atoms with E-state index in [4.69, 9.17) is 33.7 Å². The van der Waals surface area contributed by atoms with Gasteiger partial charge < -0.3 is 33.7 Å². The Bertz CT molecular complexity index is 1970. The smallest absolute Gasteiger partial charge is 0.259 e. The van der Waals surface area contributed by atoms with Gasteiger partial charge in [0.05, 0.1) is 46.3 Å². The molecule has 0 bridgehead atoms. The van der Waals surface area contributed by atoms with Gasteiger partial charge in [-0.3, -0.25) is 4.57 Å². The van der Waals surface area contributed by atoms with Crippen LogP contribution in [0.5, 0.6) is 11.5 Å². The molecule has 3 aromatic carbocycles. The molecule has 0 aliphatic carbocycles. The third-order valence-electron chi connectivity index (χ3n) is 9.44. The number of nitrogens with two attached hydrogens (primary N) is 1. The van der Waals surface area contributed by atoms with Gasteiger partial charge in [0.15, 0.2) is 23.9 Å². The first-order valence-electron chi connectivity index (χ1n) is 18.1. The number of nitrogen functional groups attached to an aromatic ring is 1. The summed E-state index contributed by atoms with van der Waals surface area (Å²) in [5.41, 5.74) is 7.96. The molecular weight excluding hydrogens is 724 g/mol. The molecule has 6 rings (SSSR count). The minimum atomic E-state index is -1.87. The molecule has 1 aliphatic rings. The molecule has 13 nitrogen and oxygen atoms in total. The fourth-order valence-corrected chi connectivity index (χ4v) is 8.68. The number of ether oxygens (including phenoxy) is 4. The predicted octanol–water partition coefficient (Wildman–Crippen LogP) is 7.33. The van der Waals surface area contributed by atoms with E-state index in [2.05, 4.69) is 21.0 Å². The molecule has 5 atom stereocenters. The first-order valence-corrected chi connectivity index (χ1v) is 19.2. The van der Waals surface area contributed by atoms with Crippen molar-refractivity contribution in [3.8, 4) is 17.6 Å². The molecule has 55 heavy (non-hydrogen) atoms. The number of hydrogen-bond donors (Lipinski definition) is 1. The van der Waals surface area contributed by atoms with Crippen LogP contribution < -0.4 is 15.2 Å². The second-order valence-electron chi connectivity index (χ2n) is 13.5. The number of nitriles is 1. The minimum Gasteiger partial charge on any atom is -0.497 e. The van der Waals surface area contributed by atoms with E-state index < -0.39 is 38.7 Å². The van der Waals surface area contributed by atoms with Crippen LogP contribution in [0.15, 0.2) is 91.5 Å². The number of halogens is 1. The van der Waals surface area contributed by atoms with E-state index in [1.54, 1.807) is 14.2 Å². The van der Waals surface area contributed by atoms with Gasteiger partial charge in [-0.2, -0.15) is 5.26 Å². The van der Waals surface area contributed by atoms with Crippen LogP contribution in [-0.4, -0.2) is 82.1 Å². The molecular formula is C40H47FN7O6P. The van der Waals surface area contributed by atoms with Crippen LogP contribution in [0.25, 0.3) is 11.2 Å². The lowest BCUT2D eigenvalue weighted by Gasteiger charge is -2.39. The molecule has 0 spiro atoms. The van der Waals surface area contributed by atoms with E-state index in [0.29, 0.717) is 22.7 Å². The molecule has 0 saturated carbocycles. The Morgan fingerprint density at radius 1 is 0.909 bits per heavy atom. The first kappa shape index (κ1) is 39.9. The Morgan fingerprint density at radius 3 is 2.07 bits per heavy atom. The van der Waals surface area contributed by atoms with Gasteiger partial charge in [-0.15, -0.1) is 0 Å². The molecule has 1 fully saturated rings. The molecule has 2 N–H and O–H groups in total. The summed E-state index contributed by atoms with van der Waals surface area (Å²) in [5.74, 6) is 1.52. The summed E-state index contributed by atoms with van der Waals surface area (Å²) < 4.78 is 58.6. The molecule has 5 aromatic rings. The molecule has 15 heteroatoms. The van der Waals surface area contributed by atoms with Gasteiger partial charge in [0.25, 0.3) is 8.53 Å². The third-order valence-corrected chi connectivity index (χ3v) is 11.6. The molecule has 1 aliphatic heterocycles. The number of rotatable bonds is 17. The molecule has 3 heterocycles. The van der Waals surface area contributed by atoms with Crippen molar-refractivity contribution in [2.24, 2.45) is 0 Å². The highest BCUT2D eigenvalue weighted by Crippen LogP contribution is 2.51. The zero-order valence-electron chi connectivity index (χ0n) is 31.8. The van der Waals surface area contributed by atoms with Crippen molar-refractivity contribution in [2.75, 3.05) is 33.2 Å². The summed E-state index contributed by atoms with van der Waals surface area (Å²) >= 11 is 0. The van der Waals surface area contributed by atoms with Crippen LogP contribution >= 0.6 is 8.53 Å². The van der Waals surface area contributed by atoms with Crippen LogP contribution in [0.2, 0.25) is 0 Å². The highest BCUT2D eigenvalue weighted by Gasteiger charge is 2.51. The number of fused-ring (bicyclic) bond motifs is 1. The lowest BCUT2D eigenvalue weighted by atomic mass is 9.80. The van der Waals surface area contributed by atoms with Gasteiger partial charge in [-0.25, -0.2) is 24.0 Å². The highest BCUT2D eigenvalue weighted by atomic mass is 31.2. The van der Waals surface area contributed by atoms with Gasteiger partial charge in [-0.1, -0.05) is 54.6 Å². The largest absolute Gasteiger partial charge is 0.497 e. The van der Waals surface area contributed by atoms with Crippen LogP contribution in [0.1, 0.15) is 57.0 Å². The second kappa shape index (κ2) is 17.8. The summed E-state index contributed by atoms with van der Waals surface area (Å²) in [6.45, 7) is 8.08. The second-order valence-corrected chi connectivity index (χ2v) is 14.9. The van der Waals surface area contributed by atoms with Crippen LogP contribution in [0, 0.1) is 11.3 Å². The quantitative estimate of drug-likeness (QED) is 0.0572. The lowest BCUT2D eigenvalue weighted by molar-refractivity contribution is -0.0919. The fraction of sp³-hybridized carbons (Fsp3) is 0.400. The maximum absolute atomic E-state index is 17.3. The van der Waals surface area contributed by atoms with Crippen molar-refractivity contribution in [1.29, 1.82) is 5.26 Å². The van der Waals surface area contributed by atoms with Crippen molar-refractivity contribution < 1.29 is 32.4 Å².